The quantitative estimate of drug-likeness (QED) is 0.946. The zero-order valence-corrected chi connectivity index (χ0v) is 12.1. The summed E-state index contributed by atoms with van der Waals surface area (Å²) in [6.45, 7) is 0. The van der Waals surface area contributed by atoms with E-state index in [9.17, 15) is 23.1 Å². The summed E-state index contributed by atoms with van der Waals surface area (Å²) in [5, 5.41) is 9.59. The number of carbonyl (C=O) groups is 1. The number of hydrogen-bond acceptors (Lipinski definition) is 4. The zero-order valence-electron chi connectivity index (χ0n) is 11.3. The highest BCUT2D eigenvalue weighted by atomic mass is 32.1. The molecule has 1 heterocycles. The Balaban J connectivity index is 2.51. The van der Waals surface area contributed by atoms with Crippen molar-refractivity contribution in [1.82, 2.24) is 9.88 Å². The smallest absolute Gasteiger partial charge is 0.374 e. The number of hydrogen-bond donors (Lipinski definition) is 1. The molecule has 1 aromatic heterocycles. The van der Waals surface area contributed by atoms with Crippen molar-refractivity contribution in [2.24, 2.45) is 0 Å². The third-order valence-electron chi connectivity index (χ3n) is 3.02. The maximum absolute atomic E-state index is 13.3. The van der Waals surface area contributed by atoms with Crippen LogP contribution in [0.25, 0.3) is 10.2 Å². The molecule has 0 radical (unpaired) electrons. The Labute approximate surface area is 122 Å². The first kappa shape index (κ1) is 15.7. The van der Waals surface area contributed by atoms with Crippen LogP contribution in [0.4, 0.5) is 13.2 Å². The van der Waals surface area contributed by atoms with Crippen LogP contribution in [0.3, 0.4) is 0 Å². The third-order valence-corrected chi connectivity index (χ3v) is 4.21. The van der Waals surface area contributed by atoms with Gasteiger partial charge in [0.15, 0.2) is 0 Å². The molecule has 0 unspecified atom stereocenters. The van der Waals surface area contributed by atoms with E-state index in [0.29, 0.717) is 10.2 Å². The van der Waals surface area contributed by atoms with Crippen LogP contribution in [-0.2, 0) is 10.4 Å². The fourth-order valence-electron chi connectivity index (χ4n) is 1.72. The lowest BCUT2D eigenvalue weighted by atomic mass is 9.99. The largest absolute Gasteiger partial charge is 0.424 e. The number of rotatable bonds is 3. The number of thiazole rings is 1. The highest BCUT2D eigenvalue weighted by molar-refractivity contribution is 7.18. The molecule has 0 spiro atoms. The SMILES string of the molecule is CN(C)C(=O)C[C@@](O)(c1nc2ccccc2s1)C(F)(F)F. The van der Waals surface area contributed by atoms with Gasteiger partial charge in [0.2, 0.25) is 11.5 Å². The molecule has 0 saturated heterocycles. The fourth-order valence-corrected chi connectivity index (χ4v) is 2.80. The van der Waals surface area contributed by atoms with E-state index in [4.69, 9.17) is 0 Å². The molecule has 4 nitrogen and oxygen atoms in total. The van der Waals surface area contributed by atoms with Gasteiger partial charge in [-0.2, -0.15) is 13.2 Å². The summed E-state index contributed by atoms with van der Waals surface area (Å²) in [6.07, 6.45) is -6.09. The highest BCUT2D eigenvalue weighted by Crippen LogP contribution is 2.44. The van der Waals surface area contributed by atoms with Crippen LogP contribution in [-0.4, -0.2) is 41.2 Å². The lowest BCUT2D eigenvalue weighted by Gasteiger charge is -2.28. The van der Waals surface area contributed by atoms with E-state index >= 15 is 0 Å². The number of aliphatic hydroxyl groups is 1. The number of fused-ring (bicyclic) bond motifs is 1. The van der Waals surface area contributed by atoms with Gasteiger partial charge in [0, 0.05) is 14.1 Å². The van der Waals surface area contributed by atoms with Crippen molar-refractivity contribution in [3.8, 4) is 0 Å². The molecule has 2 rings (SSSR count). The molecule has 0 aliphatic carbocycles. The monoisotopic (exact) mass is 318 g/mol. The van der Waals surface area contributed by atoms with Crippen molar-refractivity contribution in [2.75, 3.05) is 14.1 Å². The van der Waals surface area contributed by atoms with Gasteiger partial charge in [-0.1, -0.05) is 12.1 Å². The summed E-state index contributed by atoms with van der Waals surface area (Å²) in [7, 11) is 2.66. The van der Waals surface area contributed by atoms with Crippen LogP contribution in [0.15, 0.2) is 24.3 Å². The van der Waals surface area contributed by atoms with E-state index in [1.165, 1.54) is 14.1 Å². The third kappa shape index (κ3) is 2.86. The second-order valence-corrected chi connectivity index (χ2v) is 5.84. The Morgan fingerprint density at radius 3 is 2.48 bits per heavy atom. The molecule has 8 heteroatoms. The molecule has 0 saturated carbocycles. The number of para-hydroxylation sites is 1. The molecule has 0 aliphatic heterocycles. The predicted molar refractivity (Wildman–Crippen MR) is 72.9 cm³/mol. The molecule has 0 bridgehead atoms. The van der Waals surface area contributed by atoms with Crippen molar-refractivity contribution in [3.05, 3.63) is 29.3 Å². The molecule has 114 valence electrons. The topological polar surface area (TPSA) is 53.4 Å². The van der Waals surface area contributed by atoms with Crippen LogP contribution < -0.4 is 0 Å². The second kappa shape index (κ2) is 5.27. The average molecular weight is 318 g/mol. The summed E-state index contributed by atoms with van der Waals surface area (Å²) in [5.74, 6) is -0.825. The molecule has 1 N–H and O–H groups in total. The summed E-state index contributed by atoms with van der Waals surface area (Å²) >= 11 is 0.733. The van der Waals surface area contributed by atoms with Gasteiger partial charge in [-0.25, -0.2) is 4.98 Å². The molecule has 2 aromatic rings. The summed E-state index contributed by atoms with van der Waals surface area (Å²) < 4.78 is 40.4. The molecule has 21 heavy (non-hydrogen) atoms. The number of amides is 1. The van der Waals surface area contributed by atoms with E-state index < -0.39 is 29.1 Å². The van der Waals surface area contributed by atoms with Gasteiger partial charge in [0.05, 0.1) is 16.6 Å². The minimum absolute atomic E-state index is 0.359. The Bertz CT molecular complexity index is 636. The number of benzene rings is 1. The lowest BCUT2D eigenvalue weighted by molar-refractivity contribution is -0.268. The first-order valence-corrected chi connectivity index (χ1v) is 6.82. The van der Waals surface area contributed by atoms with E-state index in [1.54, 1.807) is 24.3 Å². The van der Waals surface area contributed by atoms with Crippen molar-refractivity contribution in [3.63, 3.8) is 0 Å². The molecule has 0 aliphatic rings. The van der Waals surface area contributed by atoms with E-state index in [-0.39, 0.29) is 0 Å². The number of halogens is 3. The normalized spacial score (nSPS) is 15.0. The summed E-state index contributed by atoms with van der Waals surface area (Å²) in [6, 6.07) is 6.48. The number of alkyl halides is 3. The van der Waals surface area contributed by atoms with Crippen LogP contribution in [0.1, 0.15) is 11.4 Å². The van der Waals surface area contributed by atoms with Gasteiger partial charge >= 0.3 is 6.18 Å². The number of aromatic nitrogens is 1. The zero-order chi connectivity index (χ0) is 15.8. The minimum atomic E-state index is -4.99. The Morgan fingerprint density at radius 2 is 1.95 bits per heavy atom. The Kier molecular flexibility index (Phi) is 3.94. The van der Waals surface area contributed by atoms with Crippen molar-refractivity contribution in [2.45, 2.75) is 18.2 Å². The molecular formula is C13H13F3N2O2S. The van der Waals surface area contributed by atoms with Crippen LogP contribution in [0.2, 0.25) is 0 Å². The Hall–Kier alpha value is -1.67. The van der Waals surface area contributed by atoms with Gasteiger partial charge < -0.3 is 10.0 Å². The molecular weight excluding hydrogens is 305 g/mol. The van der Waals surface area contributed by atoms with Crippen molar-refractivity contribution < 1.29 is 23.1 Å². The van der Waals surface area contributed by atoms with Gasteiger partial charge in [0.25, 0.3) is 0 Å². The molecule has 1 atom stereocenters. The van der Waals surface area contributed by atoms with Gasteiger partial charge in [0.1, 0.15) is 5.01 Å². The number of nitrogens with zero attached hydrogens (tertiary/aromatic N) is 2. The molecule has 0 fully saturated rings. The van der Waals surface area contributed by atoms with Crippen LogP contribution >= 0.6 is 11.3 Å². The first-order valence-electron chi connectivity index (χ1n) is 6.00. The summed E-state index contributed by atoms with van der Waals surface area (Å²) in [4.78, 5) is 16.5. The lowest BCUT2D eigenvalue weighted by Crippen LogP contribution is -2.46. The standard InChI is InChI=1S/C13H13F3N2O2S/c1-18(2)10(19)7-12(20,13(14,15)16)11-17-8-5-3-4-6-9(8)21-11/h3-6,20H,7H2,1-2H3/t12-/m1/s1. The van der Waals surface area contributed by atoms with Crippen molar-refractivity contribution in [1.29, 1.82) is 0 Å². The average Bonchev–Trinajstić information content (AvgIpc) is 2.81. The van der Waals surface area contributed by atoms with E-state index in [2.05, 4.69) is 4.98 Å². The van der Waals surface area contributed by atoms with E-state index in [0.717, 1.165) is 16.2 Å². The maximum Gasteiger partial charge on any atom is 0.424 e. The predicted octanol–water partition coefficient (Wildman–Crippen LogP) is 2.52. The second-order valence-electron chi connectivity index (χ2n) is 4.81. The van der Waals surface area contributed by atoms with E-state index in [1.807, 2.05) is 0 Å². The Morgan fingerprint density at radius 1 is 1.33 bits per heavy atom. The van der Waals surface area contributed by atoms with Crippen LogP contribution in [0, 0.1) is 0 Å². The first-order chi connectivity index (χ1) is 9.65. The van der Waals surface area contributed by atoms with Gasteiger partial charge in [-0.05, 0) is 12.1 Å². The van der Waals surface area contributed by atoms with Gasteiger partial charge in [-0.15, -0.1) is 11.3 Å². The number of carbonyl (C=O) groups excluding carboxylic acids is 1. The maximum atomic E-state index is 13.3. The summed E-state index contributed by atoms with van der Waals surface area (Å²) in [5.41, 5.74) is -2.92. The highest BCUT2D eigenvalue weighted by Gasteiger charge is 2.58. The van der Waals surface area contributed by atoms with Gasteiger partial charge in [-0.3, -0.25) is 4.79 Å². The molecule has 1 aromatic carbocycles. The van der Waals surface area contributed by atoms with Crippen LogP contribution in [0.5, 0.6) is 0 Å². The van der Waals surface area contributed by atoms with Crippen molar-refractivity contribution >= 4 is 27.5 Å². The minimum Gasteiger partial charge on any atom is -0.374 e. The molecule has 1 amide bonds. The fraction of sp³-hybridized carbons (Fsp3) is 0.385.